The monoisotopic (exact) mass is 478 g/mol. The zero-order valence-corrected chi connectivity index (χ0v) is 19.8. The zero-order valence-electron chi connectivity index (χ0n) is 19.1. The van der Waals surface area contributed by atoms with Crippen LogP contribution in [0.25, 0.3) is 6.08 Å². The van der Waals surface area contributed by atoms with Gasteiger partial charge in [0.15, 0.2) is 6.61 Å². The van der Waals surface area contributed by atoms with E-state index in [1.54, 1.807) is 15.7 Å². The SMILES string of the molecule is Cc1nn(Cc2ccccc2)c(Cl)c1/C=C\C(=O)OCC(=O)N1CCN(c2ccccc2)CC1. The fourth-order valence-corrected chi connectivity index (χ4v) is 4.19. The van der Waals surface area contributed by atoms with E-state index < -0.39 is 5.97 Å². The Kier molecular flexibility index (Phi) is 7.65. The molecule has 0 radical (unpaired) electrons. The Labute approximate surface area is 204 Å². The van der Waals surface area contributed by atoms with E-state index >= 15 is 0 Å². The minimum atomic E-state index is -0.595. The molecule has 0 bridgehead atoms. The van der Waals surface area contributed by atoms with Crippen LogP contribution < -0.4 is 4.90 Å². The molecule has 4 rings (SSSR count). The second-order valence-corrected chi connectivity index (χ2v) is 8.44. The molecule has 3 aromatic rings. The Morgan fingerprint density at radius 2 is 1.65 bits per heavy atom. The van der Waals surface area contributed by atoms with Crippen molar-refractivity contribution in [2.45, 2.75) is 13.5 Å². The molecule has 1 saturated heterocycles. The van der Waals surface area contributed by atoms with Crippen molar-refractivity contribution in [3.63, 3.8) is 0 Å². The van der Waals surface area contributed by atoms with Crippen LogP contribution in [-0.2, 0) is 20.9 Å². The van der Waals surface area contributed by atoms with Crippen molar-refractivity contribution in [1.82, 2.24) is 14.7 Å². The van der Waals surface area contributed by atoms with Crippen molar-refractivity contribution in [2.75, 3.05) is 37.7 Å². The third-order valence-corrected chi connectivity index (χ3v) is 6.16. The quantitative estimate of drug-likeness (QED) is 0.381. The summed E-state index contributed by atoms with van der Waals surface area (Å²) in [4.78, 5) is 28.6. The van der Waals surface area contributed by atoms with Gasteiger partial charge in [0, 0.05) is 43.5 Å². The van der Waals surface area contributed by atoms with Crippen LogP contribution in [0.4, 0.5) is 5.69 Å². The normalized spacial score (nSPS) is 13.9. The van der Waals surface area contributed by atoms with E-state index in [9.17, 15) is 9.59 Å². The van der Waals surface area contributed by atoms with Gasteiger partial charge in [-0.2, -0.15) is 5.10 Å². The van der Waals surface area contributed by atoms with Gasteiger partial charge in [0.2, 0.25) is 0 Å². The molecule has 0 N–H and O–H groups in total. The summed E-state index contributed by atoms with van der Waals surface area (Å²) < 4.78 is 6.86. The lowest BCUT2D eigenvalue weighted by molar-refractivity contribution is -0.148. The number of carbonyl (C=O) groups is 2. The van der Waals surface area contributed by atoms with Gasteiger partial charge in [-0.15, -0.1) is 0 Å². The molecule has 1 fully saturated rings. The van der Waals surface area contributed by atoms with Gasteiger partial charge in [-0.25, -0.2) is 9.48 Å². The second-order valence-electron chi connectivity index (χ2n) is 8.08. The number of hydrogen-bond donors (Lipinski definition) is 0. The maximum atomic E-state index is 12.5. The van der Waals surface area contributed by atoms with Crippen molar-refractivity contribution >= 4 is 35.2 Å². The summed E-state index contributed by atoms with van der Waals surface area (Å²) in [7, 11) is 0. The molecule has 2 heterocycles. The van der Waals surface area contributed by atoms with Crippen LogP contribution in [0.2, 0.25) is 5.15 Å². The molecular weight excluding hydrogens is 452 g/mol. The lowest BCUT2D eigenvalue weighted by atomic mass is 10.2. The van der Waals surface area contributed by atoms with Crippen molar-refractivity contribution in [1.29, 1.82) is 0 Å². The van der Waals surface area contributed by atoms with Gasteiger partial charge in [0.05, 0.1) is 12.2 Å². The Morgan fingerprint density at radius 1 is 1.00 bits per heavy atom. The number of esters is 1. The average Bonchev–Trinajstić information content (AvgIpc) is 3.14. The molecule has 0 atom stereocenters. The van der Waals surface area contributed by atoms with Crippen molar-refractivity contribution < 1.29 is 14.3 Å². The number of amides is 1. The van der Waals surface area contributed by atoms with Crippen LogP contribution in [0.15, 0.2) is 66.7 Å². The van der Waals surface area contributed by atoms with Crippen LogP contribution in [0, 0.1) is 6.92 Å². The van der Waals surface area contributed by atoms with Gasteiger partial charge in [0.25, 0.3) is 5.91 Å². The Morgan fingerprint density at radius 3 is 2.32 bits per heavy atom. The molecular formula is C26H27ClN4O3. The van der Waals surface area contributed by atoms with E-state index in [0.717, 1.165) is 24.3 Å². The number of para-hydroxylation sites is 1. The highest BCUT2D eigenvalue weighted by molar-refractivity contribution is 6.31. The summed E-state index contributed by atoms with van der Waals surface area (Å²) in [6, 6.07) is 20.0. The van der Waals surface area contributed by atoms with Crippen LogP contribution >= 0.6 is 11.6 Å². The molecule has 1 aliphatic heterocycles. The largest absolute Gasteiger partial charge is 0.452 e. The molecule has 0 spiro atoms. The number of hydrogen-bond acceptors (Lipinski definition) is 5. The maximum Gasteiger partial charge on any atom is 0.331 e. The highest BCUT2D eigenvalue weighted by Crippen LogP contribution is 2.22. The topological polar surface area (TPSA) is 67.7 Å². The van der Waals surface area contributed by atoms with E-state index in [0.29, 0.717) is 36.0 Å². The molecule has 0 saturated carbocycles. The van der Waals surface area contributed by atoms with E-state index in [1.807, 2.05) is 55.5 Å². The molecule has 1 aromatic heterocycles. The second kappa shape index (κ2) is 11.0. The fraction of sp³-hybridized carbons (Fsp3) is 0.269. The zero-order chi connectivity index (χ0) is 23.9. The third kappa shape index (κ3) is 5.85. The minimum Gasteiger partial charge on any atom is -0.452 e. The summed E-state index contributed by atoms with van der Waals surface area (Å²) in [5.41, 5.74) is 3.58. The van der Waals surface area contributed by atoms with E-state index in [2.05, 4.69) is 22.1 Å². The molecule has 1 aliphatic rings. The van der Waals surface area contributed by atoms with Crippen LogP contribution in [0.1, 0.15) is 16.8 Å². The summed E-state index contributed by atoms with van der Waals surface area (Å²) in [5, 5.41) is 4.91. The number of carbonyl (C=O) groups excluding carboxylic acids is 2. The van der Waals surface area contributed by atoms with Gasteiger partial charge in [-0.3, -0.25) is 4.79 Å². The molecule has 8 heteroatoms. The van der Waals surface area contributed by atoms with Gasteiger partial charge < -0.3 is 14.5 Å². The summed E-state index contributed by atoms with van der Waals surface area (Å²) >= 11 is 6.48. The number of halogens is 1. The first-order chi connectivity index (χ1) is 16.5. The van der Waals surface area contributed by atoms with E-state index in [-0.39, 0.29) is 12.5 Å². The molecule has 0 unspecified atom stereocenters. The summed E-state index contributed by atoms with van der Waals surface area (Å²) in [6.45, 7) is 4.76. The Bertz CT molecular complexity index is 1150. The van der Waals surface area contributed by atoms with E-state index in [1.165, 1.54) is 6.08 Å². The Balaban J connectivity index is 1.26. The van der Waals surface area contributed by atoms with Crippen LogP contribution in [-0.4, -0.2) is 59.3 Å². The van der Waals surface area contributed by atoms with Gasteiger partial charge in [0.1, 0.15) is 5.15 Å². The Hall–Kier alpha value is -3.58. The third-order valence-electron chi connectivity index (χ3n) is 5.76. The maximum absolute atomic E-state index is 12.5. The first-order valence-electron chi connectivity index (χ1n) is 11.2. The highest BCUT2D eigenvalue weighted by atomic mass is 35.5. The minimum absolute atomic E-state index is 0.195. The fourth-order valence-electron chi connectivity index (χ4n) is 3.89. The molecule has 2 aromatic carbocycles. The van der Waals surface area contributed by atoms with Crippen LogP contribution in [0.5, 0.6) is 0 Å². The lowest BCUT2D eigenvalue weighted by Crippen LogP contribution is -2.49. The summed E-state index contributed by atoms with van der Waals surface area (Å²) in [5.74, 6) is -0.790. The van der Waals surface area contributed by atoms with Crippen molar-refractivity contribution in [3.8, 4) is 0 Å². The molecule has 0 aliphatic carbocycles. The van der Waals surface area contributed by atoms with Gasteiger partial charge in [-0.05, 0) is 30.7 Å². The smallest absolute Gasteiger partial charge is 0.331 e. The van der Waals surface area contributed by atoms with Gasteiger partial charge in [-0.1, -0.05) is 60.1 Å². The predicted octanol–water partition coefficient (Wildman–Crippen LogP) is 3.80. The summed E-state index contributed by atoms with van der Waals surface area (Å²) in [6.07, 6.45) is 2.86. The number of ether oxygens (including phenoxy) is 1. The molecule has 34 heavy (non-hydrogen) atoms. The average molecular weight is 479 g/mol. The number of piperazine rings is 1. The number of aryl methyl sites for hydroxylation is 1. The highest BCUT2D eigenvalue weighted by Gasteiger charge is 2.22. The standard InChI is InChI=1S/C26H27ClN4O3/c1-20-23(26(27)31(28-20)18-21-8-4-2-5-9-21)12-13-25(33)34-19-24(32)30-16-14-29(15-17-30)22-10-6-3-7-11-22/h2-13H,14-19H2,1H3/b13-12-. The first-order valence-corrected chi connectivity index (χ1v) is 11.6. The van der Waals surface area contributed by atoms with Crippen molar-refractivity contribution in [3.05, 3.63) is 88.7 Å². The number of aromatic nitrogens is 2. The predicted molar refractivity (Wildman–Crippen MR) is 133 cm³/mol. The van der Waals surface area contributed by atoms with Crippen molar-refractivity contribution in [2.24, 2.45) is 0 Å². The first kappa shape index (κ1) is 23.6. The lowest BCUT2D eigenvalue weighted by Gasteiger charge is -2.36. The number of nitrogens with zero attached hydrogens (tertiary/aromatic N) is 4. The number of benzene rings is 2. The van der Waals surface area contributed by atoms with Crippen LogP contribution in [0.3, 0.4) is 0 Å². The molecule has 176 valence electrons. The van der Waals surface area contributed by atoms with E-state index in [4.69, 9.17) is 16.3 Å². The molecule has 7 nitrogen and oxygen atoms in total. The molecule has 1 amide bonds. The number of anilines is 1. The van der Waals surface area contributed by atoms with Gasteiger partial charge >= 0.3 is 5.97 Å². The number of rotatable bonds is 7.